The average Bonchev–Trinajstić information content (AvgIpc) is 2.47. The molecule has 0 aliphatic heterocycles. The highest BCUT2D eigenvalue weighted by molar-refractivity contribution is 5.98. The van der Waals surface area contributed by atoms with E-state index in [0.717, 1.165) is 6.42 Å². The third kappa shape index (κ3) is 2.34. The third-order valence-corrected chi connectivity index (χ3v) is 3.84. The van der Waals surface area contributed by atoms with Crippen LogP contribution in [0.25, 0.3) is 21.9 Å². The second kappa shape index (κ2) is 5.50. The lowest BCUT2D eigenvalue weighted by Gasteiger charge is -2.13. The fraction of sp³-hybridized carbons (Fsp3) is 0.200. The fourth-order valence-corrected chi connectivity index (χ4v) is 2.94. The maximum absolute atomic E-state index is 2.30. The predicted octanol–water partition coefficient (Wildman–Crippen LogP) is 5.77. The van der Waals surface area contributed by atoms with E-state index >= 15 is 0 Å². The van der Waals surface area contributed by atoms with Gasteiger partial charge in [-0.1, -0.05) is 79.6 Å². The zero-order chi connectivity index (χ0) is 13.9. The van der Waals surface area contributed by atoms with Crippen molar-refractivity contribution in [2.75, 3.05) is 0 Å². The van der Waals surface area contributed by atoms with Gasteiger partial charge in [-0.05, 0) is 40.8 Å². The van der Waals surface area contributed by atoms with Crippen LogP contribution in [0.2, 0.25) is 0 Å². The van der Waals surface area contributed by atoms with E-state index in [1.54, 1.807) is 0 Å². The Hall–Kier alpha value is -2.08. The summed E-state index contributed by atoms with van der Waals surface area (Å²) in [6.07, 6.45) is 2.31. The largest absolute Gasteiger partial charge is 0.0651 e. The van der Waals surface area contributed by atoms with Gasteiger partial charge < -0.3 is 0 Å². The summed E-state index contributed by atoms with van der Waals surface area (Å²) < 4.78 is 0. The van der Waals surface area contributed by atoms with Crippen LogP contribution < -0.4 is 0 Å². The second-order valence-corrected chi connectivity index (χ2v) is 5.44. The van der Waals surface area contributed by atoms with Gasteiger partial charge in [0.2, 0.25) is 0 Å². The molecule has 0 aliphatic carbocycles. The van der Waals surface area contributed by atoms with E-state index in [1.807, 2.05) is 0 Å². The molecule has 0 radical (unpaired) electrons. The van der Waals surface area contributed by atoms with Gasteiger partial charge in [0, 0.05) is 0 Å². The molecule has 0 saturated carbocycles. The van der Waals surface area contributed by atoms with Crippen LogP contribution in [0, 0.1) is 6.92 Å². The number of benzene rings is 3. The Morgan fingerprint density at radius 1 is 0.850 bits per heavy atom. The maximum atomic E-state index is 2.30. The van der Waals surface area contributed by atoms with Gasteiger partial charge in [-0.3, -0.25) is 0 Å². The lowest BCUT2D eigenvalue weighted by atomic mass is 9.91. The molecule has 3 aromatic rings. The molecule has 3 aromatic carbocycles. The maximum Gasteiger partial charge on any atom is -0.00732 e. The summed E-state index contributed by atoms with van der Waals surface area (Å²) in [5.41, 5.74) is 5.52. The molecule has 0 saturated heterocycles. The highest BCUT2D eigenvalue weighted by Crippen LogP contribution is 2.33. The van der Waals surface area contributed by atoms with Crippen LogP contribution >= 0.6 is 0 Å². The van der Waals surface area contributed by atoms with E-state index in [-0.39, 0.29) is 0 Å². The molecule has 0 aromatic heterocycles. The molecule has 3 rings (SSSR count). The Kier molecular flexibility index (Phi) is 3.56. The van der Waals surface area contributed by atoms with Gasteiger partial charge in [0.15, 0.2) is 0 Å². The third-order valence-electron chi connectivity index (χ3n) is 3.84. The van der Waals surface area contributed by atoms with Gasteiger partial charge in [-0.15, -0.1) is 0 Å². The molecule has 0 nitrogen and oxygen atoms in total. The molecule has 0 fully saturated rings. The summed E-state index contributed by atoms with van der Waals surface area (Å²) in [6, 6.07) is 22.1. The van der Waals surface area contributed by atoms with Crippen molar-refractivity contribution in [3.05, 3.63) is 71.8 Å². The molecule has 0 heteroatoms. The van der Waals surface area contributed by atoms with Crippen molar-refractivity contribution in [3.63, 3.8) is 0 Å². The Labute approximate surface area is 121 Å². The Balaban J connectivity index is 2.32. The highest BCUT2D eigenvalue weighted by Gasteiger charge is 2.09. The minimum atomic E-state index is 1.13. The average molecular weight is 260 g/mol. The van der Waals surface area contributed by atoms with E-state index in [1.165, 1.54) is 39.4 Å². The first kappa shape index (κ1) is 12.9. The van der Waals surface area contributed by atoms with Crippen molar-refractivity contribution in [2.45, 2.75) is 26.7 Å². The standard InChI is InChI=1S/C20H20/c1-3-7-17-13-12-16-9-4-5-11-19(16)20(17)18-10-6-8-15(2)14-18/h4-6,8-14H,3,7H2,1-2H3. The minimum Gasteiger partial charge on any atom is -0.0651 e. The van der Waals surface area contributed by atoms with E-state index in [9.17, 15) is 0 Å². The van der Waals surface area contributed by atoms with E-state index in [0.29, 0.717) is 0 Å². The molecule has 0 bridgehead atoms. The lowest BCUT2D eigenvalue weighted by Crippen LogP contribution is -1.92. The summed E-state index contributed by atoms with van der Waals surface area (Å²) >= 11 is 0. The number of hydrogen-bond acceptors (Lipinski definition) is 0. The normalized spacial score (nSPS) is 10.9. The molecule has 20 heavy (non-hydrogen) atoms. The smallest absolute Gasteiger partial charge is 0.00732 e. The monoisotopic (exact) mass is 260 g/mol. The van der Waals surface area contributed by atoms with Gasteiger partial charge in [0.05, 0.1) is 0 Å². The van der Waals surface area contributed by atoms with Crippen molar-refractivity contribution in [1.29, 1.82) is 0 Å². The lowest BCUT2D eigenvalue weighted by molar-refractivity contribution is 0.925. The van der Waals surface area contributed by atoms with Crippen molar-refractivity contribution < 1.29 is 0 Å². The van der Waals surface area contributed by atoms with E-state index in [4.69, 9.17) is 0 Å². The Morgan fingerprint density at radius 2 is 1.70 bits per heavy atom. The molecule has 0 amide bonds. The SMILES string of the molecule is CCCc1ccc2ccccc2c1-c1cccc(C)c1. The molecule has 0 heterocycles. The first-order valence-electron chi connectivity index (χ1n) is 7.37. The molecule has 0 atom stereocenters. The van der Waals surface area contributed by atoms with Crippen LogP contribution in [0.1, 0.15) is 24.5 Å². The summed E-state index contributed by atoms with van der Waals surface area (Å²) in [5, 5.41) is 2.69. The molecule has 0 N–H and O–H groups in total. The molecular formula is C20H20. The summed E-state index contributed by atoms with van der Waals surface area (Å²) in [7, 11) is 0. The Bertz CT molecular complexity index is 738. The summed E-state index contributed by atoms with van der Waals surface area (Å²) in [5.74, 6) is 0. The summed E-state index contributed by atoms with van der Waals surface area (Å²) in [4.78, 5) is 0. The first-order valence-corrected chi connectivity index (χ1v) is 7.37. The van der Waals surface area contributed by atoms with Crippen molar-refractivity contribution >= 4 is 10.8 Å². The number of aryl methyl sites for hydroxylation is 2. The van der Waals surface area contributed by atoms with Crippen LogP contribution in [-0.2, 0) is 6.42 Å². The van der Waals surface area contributed by atoms with E-state index in [2.05, 4.69) is 74.5 Å². The number of rotatable bonds is 3. The minimum absolute atomic E-state index is 1.13. The van der Waals surface area contributed by atoms with Gasteiger partial charge in [0.1, 0.15) is 0 Å². The van der Waals surface area contributed by atoms with Crippen molar-refractivity contribution in [1.82, 2.24) is 0 Å². The zero-order valence-electron chi connectivity index (χ0n) is 12.2. The highest BCUT2D eigenvalue weighted by atomic mass is 14.1. The zero-order valence-corrected chi connectivity index (χ0v) is 12.2. The van der Waals surface area contributed by atoms with Gasteiger partial charge in [-0.2, -0.15) is 0 Å². The van der Waals surface area contributed by atoms with Crippen LogP contribution in [0.5, 0.6) is 0 Å². The first-order chi connectivity index (χ1) is 9.79. The topological polar surface area (TPSA) is 0 Å². The van der Waals surface area contributed by atoms with Gasteiger partial charge in [0.25, 0.3) is 0 Å². The van der Waals surface area contributed by atoms with Gasteiger partial charge >= 0.3 is 0 Å². The predicted molar refractivity (Wildman–Crippen MR) is 88.1 cm³/mol. The molecule has 0 aliphatic rings. The van der Waals surface area contributed by atoms with Crippen molar-refractivity contribution in [2.24, 2.45) is 0 Å². The molecular weight excluding hydrogens is 240 g/mol. The summed E-state index contributed by atoms with van der Waals surface area (Å²) in [6.45, 7) is 4.41. The molecule has 0 unspecified atom stereocenters. The van der Waals surface area contributed by atoms with Crippen LogP contribution in [0.4, 0.5) is 0 Å². The fourth-order valence-electron chi connectivity index (χ4n) is 2.94. The molecule has 0 spiro atoms. The van der Waals surface area contributed by atoms with Gasteiger partial charge in [-0.25, -0.2) is 0 Å². The quantitative estimate of drug-likeness (QED) is 0.561. The van der Waals surface area contributed by atoms with Crippen LogP contribution in [0.3, 0.4) is 0 Å². The van der Waals surface area contributed by atoms with Crippen LogP contribution in [-0.4, -0.2) is 0 Å². The number of fused-ring (bicyclic) bond motifs is 1. The molecule has 100 valence electrons. The second-order valence-electron chi connectivity index (χ2n) is 5.44. The number of hydrogen-bond donors (Lipinski definition) is 0. The van der Waals surface area contributed by atoms with Crippen LogP contribution in [0.15, 0.2) is 60.7 Å². The Morgan fingerprint density at radius 3 is 2.50 bits per heavy atom. The van der Waals surface area contributed by atoms with Crippen molar-refractivity contribution in [3.8, 4) is 11.1 Å². The van der Waals surface area contributed by atoms with E-state index < -0.39 is 0 Å².